The Balaban J connectivity index is 2.74. The Hall–Kier alpha value is -0.410. The first kappa shape index (κ1) is 16.6. The van der Waals surface area contributed by atoms with E-state index in [9.17, 15) is 4.39 Å². The van der Waals surface area contributed by atoms with Crippen LogP contribution in [0.3, 0.4) is 0 Å². The van der Waals surface area contributed by atoms with Gasteiger partial charge in [0.2, 0.25) is 0 Å². The molecule has 0 aliphatic rings. The highest BCUT2D eigenvalue weighted by Gasteiger charge is 2.16. The van der Waals surface area contributed by atoms with Gasteiger partial charge in [-0.25, -0.2) is 4.39 Å². The molecule has 3 heteroatoms. The summed E-state index contributed by atoms with van der Waals surface area (Å²) in [6.07, 6.45) is 4.41. The minimum absolute atomic E-state index is 0.165. The van der Waals surface area contributed by atoms with E-state index in [1.54, 1.807) is 6.07 Å². The molecule has 0 spiro atoms. The second-order valence-corrected chi connectivity index (χ2v) is 6.22. The van der Waals surface area contributed by atoms with Gasteiger partial charge in [0.05, 0.1) is 0 Å². The molecule has 1 nitrogen and oxygen atoms in total. The second kappa shape index (κ2) is 8.70. The van der Waals surface area contributed by atoms with Gasteiger partial charge in [-0.3, -0.25) is 0 Å². The molecule has 2 unspecified atom stereocenters. The highest BCUT2D eigenvalue weighted by atomic mass is 79.9. The largest absolute Gasteiger partial charge is 0.313 e. The van der Waals surface area contributed by atoms with Crippen molar-refractivity contribution in [2.24, 2.45) is 5.92 Å². The molecular formula is C16H25BrFN. The molecule has 1 aromatic rings. The van der Waals surface area contributed by atoms with Crippen molar-refractivity contribution in [2.75, 3.05) is 6.54 Å². The normalized spacial score (nSPS) is 14.4. The van der Waals surface area contributed by atoms with Crippen molar-refractivity contribution in [3.63, 3.8) is 0 Å². The number of benzene rings is 1. The first-order valence-corrected chi connectivity index (χ1v) is 8.04. The van der Waals surface area contributed by atoms with E-state index >= 15 is 0 Å². The summed E-state index contributed by atoms with van der Waals surface area (Å²) < 4.78 is 14.2. The van der Waals surface area contributed by atoms with Gasteiger partial charge >= 0.3 is 0 Å². The third-order valence-electron chi connectivity index (χ3n) is 3.47. The van der Waals surface area contributed by atoms with Crippen molar-refractivity contribution in [2.45, 2.75) is 52.5 Å². The lowest BCUT2D eigenvalue weighted by molar-refractivity contribution is 0.352. The van der Waals surface area contributed by atoms with Gasteiger partial charge in [-0.15, -0.1) is 0 Å². The van der Waals surface area contributed by atoms with Gasteiger partial charge < -0.3 is 5.32 Å². The van der Waals surface area contributed by atoms with Crippen LogP contribution in [0.5, 0.6) is 0 Å². The van der Waals surface area contributed by atoms with Crippen molar-refractivity contribution in [1.29, 1.82) is 0 Å². The lowest BCUT2D eigenvalue weighted by atomic mass is 9.91. The Kier molecular flexibility index (Phi) is 7.62. The zero-order valence-corrected chi connectivity index (χ0v) is 13.8. The average Bonchev–Trinajstić information content (AvgIpc) is 2.33. The molecule has 1 rings (SSSR count). The van der Waals surface area contributed by atoms with Crippen LogP contribution in [0.1, 0.15) is 45.6 Å². The summed E-state index contributed by atoms with van der Waals surface area (Å²) in [5.74, 6) is 0.445. The fraction of sp³-hybridized carbons (Fsp3) is 0.625. The van der Waals surface area contributed by atoms with Crippen LogP contribution < -0.4 is 5.32 Å². The lowest BCUT2D eigenvalue weighted by Gasteiger charge is -2.25. The summed E-state index contributed by atoms with van der Waals surface area (Å²) in [5, 5.41) is 3.60. The SMILES string of the molecule is CCCNC(Cc1cc(F)cc(Br)c1)C(C)CCC. The number of hydrogen-bond acceptors (Lipinski definition) is 1. The van der Waals surface area contributed by atoms with E-state index in [1.807, 2.05) is 6.07 Å². The minimum atomic E-state index is -0.165. The molecule has 0 radical (unpaired) electrons. The van der Waals surface area contributed by atoms with Crippen LogP contribution in [0.15, 0.2) is 22.7 Å². The summed E-state index contributed by atoms with van der Waals surface area (Å²) in [6, 6.07) is 5.59. The van der Waals surface area contributed by atoms with E-state index in [-0.39, 0.29) is 5.82 Å². The van der Waals surface area contributed by atoms with E-state index in [2.05, 4.69) is 42.0 Å². The van der Waals surface area contributed by atoms with Gasteiger partial charge in [-0.1, -0.05) is 43.1 Å². The fourth-order valence-corrected chi connectivity index (χ4v) is 2.96. The molecule has 0 aliphatic carbocycles. The third-order valence-corrected chi connectivity index (χ3v) is 3.92. The van der Waals surface area contributed by atoms with Crippen LogP contribution in [-0.2, 0) is 6.42 Å². The standard InChI is InChI=1S/C16H25BrFN/c1-4-6-12(3)16(19-7-5-2)10-13-8-14(17)11-15(18)9-13/h8-9,11-12,16,19H,4-7,10H2,1-3H3. The van der Waals surface area contributed by atoms with E-state index < -0.39 is 0 Å². The van der Waals surface area contributed by atoms with Gasteiger partial charge in [0.25, 0.3) is 0 Å². The first-order chi connectivity index (χ1) is 9.06. The highest BCUT2D eigenvalue weighted by molar-refractivity contribution is 9.10. The predicted molar refractivity (Wildman–Crippen MR) is 84.0 cm³/mol. The molecule has 0 aliphatic heterocycles. The van der Waals surface area contributed by atoms with Crippen molar-refractivity contribution in [3.05, 3.63) is 34.1 Å². The molecule has 2 atom stereocenters. The zero-order valence-electron chi connectivity index (χ0n) is 12.2. The minimum Gasteiger partial charge on any atom is -0.313 e. The molecule has 0 aromatic heterocycles. The molecule has 0 heterocycles. The van der Waals surface area contributed by atoms with Gasteiger partial charge in [0, 0.05) is 10.5 Å². The molecule has 0 saturated carbocycles. The Morgan fingerprint density at radius 3 is 2.53 bits per heavy atom. The third kappa shape index (κ3) is 6.05. The Labute approximate surface area is 125 Å². The molecule has 0 saturated heterocycles. The summed E-state index contributed by atoms with van der Waals surface area (Å²) in [7, 11) is 0. The van der Waals surface area contributed by atoms with Gasteiger partial charge in [0.1, 0.15) is 5.82 Å². The molecule has 19 heavy (non-hydrogen) atoms. The molecule has 0 fully saturated rings. The molecule has 0 amide bonds. The van der Waals surface area contributed by atoms with Crippen LogP contribution in [0, 0.1) is 11.7 Å². The second-order valence-electron chi connectivity index (χ2n) is 5.31. The number of rotatable bonds is 8. The van der Waals surface area contributed by atoms with Crippen molar-refractivity contribution in [3.8, 4) is 0 Å². The average molecular weight is 330 g/mol. The summed E-state index contributed by atoms with van der Waals surface area (Å²) >= 11 is 3.36. The molecular weight excluding hydrogens is 305 g/mol. The molecule has 0 bridgehead atoms. The first-order valence-electron chi connectivity index (χ1n) is 7.25. The van der Waals surface area contributed by atoms with Crippen LogP contribution in [0.4, 0.5) is 4.39 Å². The van der Waals surface area contributed by atoms with Crippen LogP contribution in [0.2, 0.25) is 0 Å². The fourth-order valence-electron chi connectivity index (χ4n) is 2.44. The van der Waals surface area contributed by atoms with Crippen molar-refractivity contribution >= 4 is 15.9 Å². The summed E-state index contributed by atoms with van der Waals surface area (Å²) in [6.45, 7) is 7.69. The number of hydrogen-bond donors (Lipinski definition) is 1. The van der Waals surface area contributed by atoms with Crippen LogP contribution >= 0.6 is 15.9 Å². The number of nitrogens with one attached hydrogen (secondary N) is 1. The predicted octanol–water partition coefficient (Wildman–Crippen LogP) is 4.94. The van der Waals surface area contributed by atoms with Gasteiger partial charge in [-0.2, -0.15) is 0 Å². The van der Waals surface area contributed by atoms with Crippen LogP contribution in [0.25, 0.3) is 0 Å². The maximum atomic E-state index is 13.4. The Bertz CT molecular complexity index is 361. The molecule has 108 valence electrons. The van der Waals surface area contributed by atoms with E-state index in [0.29, 0.717) is 12.0 Å². The van der Waals surface area contributed by atoms with E-state index in [1.165, 1.54) is 18.9 Å². The quantitative estimate of drug-likeness (QED) is 0.712. The highest BCUT2D eigenvalue weighted by Crippen LogP contribution is 2.20. The summed E-state index contributed by atoms with van der Waals surface area (Å²) in [5.41, 5.74) is 1.06. The maximum absolute atomic E-state index is 13.4. The molecule has 1 aromatic carbocycles. The summed E-state index contributed by atoms with van der Waals surface area (Å²) in [4.78, 5) is 0. The van der Waals surface area contributed by atoms with Crippen molar-refractivity contribution < 1.29 is 4.39 Å². The monoisotopic (exact) mass is 329 g/mol. The smallest absolute Gasteiger partial charge is 0.124 e. The molecule has 1 N–H and O–H groups in total. The number of halogens is 2. The lowest BCUT2D eigenvalue weighted by Crippen LogP contribution is -2.37. The van der Waals surface area contributed by atoms with Gasteiger partial charge in [-0.05, 0) is 55.5 Å². The zero-order chi connectivity index (χ0) is 14.3. The van der Waals surface area contributed by atoms with Gasteiger partial charge in [0.15, 0.2) is 0 Å². The Morgan fingerprint density at radius 2 is 1.95 bits per heavy atom. The maximum Gasteiger partial charge on any atom is 0.124 e. The topological polar surface area (TPSA) is 12.0 Å². The Morgan fingerprint density at radius 1 is 1.21 bits per heavy atom. The van der Waals surface area contributed by atoms with Crippen LogP contribution in [-0.4, -0.2) is 12.6 Å². The van der Waals surface area contributed by atoms with E-state index in [0.717, 1.165) is 29.4 Å². The van der Waals surface area contributed by atoms with E-state index in [4.69, 9.17) is 0 Å². The van der Waals surface area contributed by atoms with Crippen molar-refractivity contribution in [1.82, 2.24) is 5.32 Å².